The zero-order valence-corrected chi connectivity index (χ0v) is 9.68. The molecule has 0 saturated heterocycles. The molecular formula is C14H21NO. The molecule has 3 atom stereocenters. The van der Waals surface area contributed by atoms with Gasteiger partial charge < -0.3 is 10.8 Å². The lowest BCUT2D eigenvalue weighted by atomic mass is 9.75. The number of hydrogen-bond acceptors (Lipinski definition) is 2. The molecule has 2 nitrogen and oxygen atoms in total. The van der Waals surface area contributed by atoms with Crippen molar-refractivity contribution in [2.24, 2.45) is 11.7 Å². The molecule has 2 heteroatoms. The maximum atomic E-state index is 10.1. The molecule has 16 heavy (non-hydrogen) atoms. The van der Waals surface area contributed by atoms with E-state index in [0.717, 1.165) is 19.3 Å². The summed E-state index contributed by atoms with van der Waals surface area (Å²) in [5.41, 5.74) is 7.16. The van der Waals surface area contributed by atoms with Crippen LogP contribution in [-0.2, 0) is 0 Å². The van der Waals surface area contributed by atoms with E-state index in [1.54, 1.807) is 0 Å². The molecule has 1 saturated carbocycles. The number of aliphatic hydroxyl groups excluding tert-OH is 1. The molecule has 3 N–H and O–H groups in total. The third-order valence-corrected chi connectivity index (χ3v) is 3.78. The van der Waals surface area contributed by atoms with Gasteiger partial charge >= 0.3 is 0 Å². The van der Waals surface area contributed by atoms with Crippen LogP contribution in [0.25, 0.3) is 0 Å². The van der Waals surface area contributed by atoms with Crippen molar-refractivity contribution < 1.29 is 5.11 Å². The monoisotopic (exact) mass is 219 g/mol. The Kier molecular flexibility index (Phi) is 3.97. The SMILES string of the molecule is NCC(c1ccccc1)[C@@H]1CCCC[C@@H]1O. The van der Waals surface area contributed by atoms with Crippen LogP contribution >= 0.6 is 0 Å². The minimum atomic E-state index is -0.164. The summed E-state index contributed by atoms with van der Waals surface area (Å²) >= 11 is 0. The number of aliphatic hydroxyl groups is 1. The van der Waals surface area contributed by atoms with E-state index in [0.29, 0.717) is 18.4 Å². The maximum absolute atomic E-state index is 10.1. The van der Waals surface area contributed by atoms with Crippen LogP contribution in [0.1, 0.15) is 37.2 Å². The Bertz CT molecular complexity index is 312. The van der Waals surface area contributed by atoms with Crippen LogP contribution in [-0.4, -0.2) is 17.8 Å². The summed E-state index contributed by atoms with van der Waals surface area (Å²) in [6, 6.07) is 10.4. The van der Waals surface area contributed by atoms with Gasteiger partial charge in [-0.2, -0.15) is 0 Å². The van der Waals surface area contributed by atoms with Gasteiger partial charge in [0.25, 0.3) is 0 Å². The van der Waals surface area contributed by atoms with E-state index in [2.05, 4.69) is 12.1 Å². The van der Waals surface area contributed by atoms with Crippen molar-refractivity contribution in [3.63, 3.8) is 0 Å². The molecule has 0 amide bonds. The van der Waals surface area contributed by atoms with Gasteiger partial charge in [0.1, 0.15) is 0 Å². The summed E-state index contributed by atoms with van der Waals surface area (Å²) in [5.74, 6) is 0.664. The summed E-state index contributed by atoms with van der Waals surface area (Å²) in [5, 5.41) is 10.1. The first kappa shape index (κ1) is 11.6. The molecule has 0 aliphatic heterocycles. The van der Waals surface area contributed by atoms with Crippen molar-refractivity contribution in [1.82, 2.24) is 0 Å². The number of rotatable bonds is 3. The fourth-order valence-electron chi connectivity index (χ4n) is 2.87. The lowest BCUT2D eigenvalue weighted by molar-refractivity contribution is 0.0561. The van der Waals surface area contributed by atoms with Crippen molar-refractivity contribution in [2.75, 3.05) is 6.54 Å². The van der Waals surface area contributed by atoms with Crippen LogP contribution < -0.4 is 5.73 Å². The summed E-state index contributed by atoms with van der Waals surface area (Å²) in [6.07, 6.45) is 4.27. The lowest BCUT2D eigenvalue weighted by Crippen LogP contribution is -2.33. The zero-order valence-electron chi connectivity index (χ0n) is 9.68. The molecule has 1 aromatic carbocycles. The number of hydrogen-bond donors (Lipinski definition) is 2. The Morgan fingerprint density at radius 3 is 2.50 bits per heavy atom. The minimum Gasteiger partial charge on any atom is -0.393 e. The van der Waals surface area contributed by atoms with Crippen molar-refractivity contribution in [2.45, 2.75) is 37.7 Å². The fraction of sp³-hybridized carbons (Fsp3) is 0.571. The third-order valence-electron chi connectivity index (χ3n) is 3.78. The lowest BCUT2D eigenvalue weighted by Gasteiger charge is -2.34. The largest absolute Gasteiger partial charge is 0.393 e. The van der Waals surface area contributed by atoms with E-state index < -0.39 is 0 Å². The molecule has 2 rings (SSSR count). The highest BCUT2D eigenvalue weighted by Gasteiger charge is 2.30. The number of nitrogens with two attached hydrogens (primary N) is 1. The highest BCUT2D eigenvalue weighted by Crippen LogP contribution is 2.35. The summed E-state index contributed by atoms with van der Waals surface area (Å²) in [4.78, 5) is 0. The van der Waals surface area contributed by atoms with Crippen molar-refractivity contribution in [3.8, 4) is 0 Å². The predicted octanol–water partition coefficient (Wildman–Crippen LogP) is 2.28. The van der Waals surface area contributed by atoms with Gasteiger partial charge in [-0.3, -0.25) is 0 Å². The molecule has 1 unspecified atom stereocenters. The van der Waals surface area contributed by atoms with Crippen molar-refractivity contribution in [3.05, 3.63) is 35.9 Å². The van der Waals surface area contributed by atoms with Gasteiger partial charge in [-0.05, 0) is 30.9 Å². The van der Waals surface area contributed by atoms with Gasteiger partial charge in [0.2, 0.25) is 0 Å². The van der Waals surface area contributed by atoms with E-state index in [-0.39, 0.29) is 6.10 Å². The maximum Gasteiger partial charge on any atom is 0.0574 e. The topological polar surface area (TPSA) is 46.2 Å². The smallest absolute Gasteiger partial charge is 0.0574 e. The van der Waals surface area contributed by atoms with E-state index >= 15 is 0 Å². The number of benzene rings is 1. The van der Waals surface area contributed by atoms with E-state index in [1.165, 1.54) is 12.0 Å². The molecule has 88 valence electrons. The Hall–Kier alpha value is -0.860. The van der Waals surface area contributed by atoms with E-state index in [4.69, 9.17) is 5.73 Å². The van der Waals surface area contributed by atoms with Crippen molar-refractivity contribution in [1.29, 1.82) is 0 Å². The molecule has 0 aromatic heterocycles. The molecule has 0 spiro atoms. The normalized spacial score (nSPS) is 27.6. The van der Waals surface area contributed by atoms with Crippen LogP contribution in [0.15, 0.2) is 30.3 Å². The molecule has 1 fully saturated rings. The van der Waals surface area contributed by atoms with E-state index in [9.17, 15) is 5.11 Å². The quantitative estimate of drug-likeness (QED) is 0.819. The van der Waals surface area contributed by atoms with E-state index in [1.807, 2.05) is 18.2 Å². The summed E-state index contributed by atoms with van der Waals surface area (Å²) in [6.45, 7) is 0.631. The fourth-order valence-corrected chi connectivity index (χ4v) is 2.87. The Morgan fingerprint density at radius 1 is 1.19 bits per heavy atom. The van der Waals surface area contributed by atoms with Gasteiger partial charge in [-0.15, -0.1) is 0 Å². The summed E-state index contributed by atoms with van der Waals surface area (Å²) < 4.78 is 0. The zero-order chi connectivity index (χ0) is 11.4. The second-order valence-electron chi connectivity index (χ2n) is 4.77. The van der Waals surface area contributed by atoms with Crippen LogP contribution in [0.3, 0.4) is 0 Å². The highest BCUT2D eigenvalue weighted by atomic mass is 16.3. The first-order valence-electron chi connectivity index (χ1n) is 6.26. The first-order valence-corrected chi connectivity index (χ1v) is 6.26. The Balaban J connectivity index is 2.15. The average molecular weight is 219 g/mol. The van der Waals surface area contributed by atoms with Gasteiger partial charge in [-0.25, -0.2) is 0 Å². The third kappa shape index (κ3) is 2.45. The summed E-state index contributed by atoms with van der Waals surface area (Å²) in [7, 11) is 0. The van der Waals surface area contributed by atoms with Gasteiger partial charge in [0, 0.05) is 5.92 Å². The van der Waals surface area contributed by atoms with Crippen LogP contribution in [0.5, 0.6) is 0 Å². The molecule has 1 aliphatic rings. The highest BCUT2D eigenvalue weighted by molar-refractivity contribution is 5.21. The Labute approximate surface area is 97.5 Å². The molecular weight excluding hydrogens is 198 g/mol. The Morgan fingerprint density at radius 2 is 1.88 bits per heavy atom. The molecule has 0 bridgehead atoms. The molecule has 0 heterocycles. The second kappa shape index (κ2) is 5.46. The van der Waals surface area contributed by atoms with Crippen LogP contribution in [0.2, 0.25) is 0 Å². The van der Waals surface area contributed by atoms with Gasteiger partial charge in [-0.1, -0.05) is 43.2 Å². The minimum absolute atomic E-state index is 0.164. The standard InChI is InChI=1S/C14H21NO/c15-10-13(11-6-2-1-3-7-11)12-8-4-5-9-14(12)16/h1-3,6-7,12-14,16H,4-5,8-10,15H2/t12-,13?,14-/m0/s1. The van der Waals surface area contributed by atoms with Crippen molar-refractivity contribution >= 4 is 0 Å². The average Bonchev–Trinajstić information content (AvgIpc) is 2.34. The first-order chi connectivity index (χ1) is 7.83. The van der Waals surface area contributed by atoms with Gasteiger partial charge in [0.05, 0.1) is 6.10 Å². The molecule has 0 radical (unpaired) electrons. The van der Waals surface area contributed by atoms with Crippen LogP contribution in [0.4, 0.5) is 0 Å². The molecule has 1 aliphatic carbocycles. The second-order valence-corrected chi connectivity index (χ2v) is 4.77. The van der Waals surface area contributed by atoms with Crippen LogP contribution in [0, 0.1) is 5.92 Å². The predicted molar refractivity (Wildman–Crippen MR) is 66.2 cm³/mol. The van der Waals surface area contributed by atoms with Gasteiger partial charge in [0.15, 0.2) is 0 Å². The molecule has 1 aromatic rings.